The van der Waals surface area contributed by atoms with Crippen molar-refractivity contribution in [3.63, 3.8) is 0 Å². The fourth-order valence-corrected chi connectivity index (χ4v) is 4.64. The smallest absolute Gasteiger partial charge is 0.406 e. The van der Waals surface area contributed by atoms with Gasteiger partial charge in [-0.1, -0.05) is 41.9 Å². The molecule has 0 saturated heterocycles. The fraction of sp³-hybridized carbons (Fsp3) is 0.0741. The number of ether oxygens (including phenoxy) is 1. The van der Waals surface area contributed by atoms with Crippen molar-refractivity contribution in [3.05, 3.63) is 95.3 Å². The number of halogens is 4. The van der Waals surface area contributed by atoms with Crippen LogP contribution in [0.4, 0.5) is 23.7 Å². The number of amides is 2. The Kier molecular flexibility index (Phi) is 7.36. The van der Waals surface area contributed by atoms with Gasteiger partial charge in [0.05, 0.1) is 33.9 Å². The lowest BCUT2D eigenvalue weighted by Gasteiger charge is -2.10. The minimum absolute atomic E-state index is 0.292. The van der Waals surface area contributed by atoms with Crippen LogP contribution in [0.2, 0.25) is 5.02 Å². The number of urea groups is 1. The summed E-state index contributed by atoms with van der Waals surface area (Å²) in [5.74, 6) is -0.292. The predicted molar refractivity (Wildman–Crippen MR) is 149 cm³/mol. The molecule has 4 aromatic carbocycles. The van der Waals surface area contributed by atoms with Crippen LogP contribution in [-0.2, 0) is 0 Å². The van der Waals surface area contributed by atoms with Crippen LogP contribution in [0.3, 0.4) is 0 Å². The van der Waals surface area contributed by atoms with E-state index < -0.39 is 12.4 Å². The minimum Gasteiger partial charge on any atom is -0.406 e. The van der Waals surface area contributed by atoms with Gasteiger partial charge >= 0.3 is 12.4 Å². The van der Waals surface area contributed by atoms with Gasteiger partial charge in [-0.2, -0.15) is 0 Å². The zero-order valence-corrected chi connectivity index (χ0v) is 21.7. The average molecular weight is 570 g/mol. The second kappa shape index (κ2) is 10.9. The summed E-state index contributed by atoms with van der Waals surface area (Å²) in [5, 5.41) is 4.98. The maximum atomic E-state index is 12.4. The minimum atomic E-state index is -4.74. The number of aromatic nitrogens is 2. The Morgan fingerprint density at radius 3 is 2.64 bits per heavy atom. The highest BCUT2D eigenvalue weighted by Gasteiger charge is 2.31. The number of benzene rings is 4. The first-order valence-electron chi connectivity index (χ1n) is 11.5. The second-order valence-electron chi connectivity index (χ2n) is 8.38. The fourth-order valence-electron chi connectivity index (χ4n) is 4.01. The van der Waals surface area contributed by atoms with E-state index in [9.17, 15) is 18.0 Å². The summed E-state index contributed by atoms with van der Waals surface area (Å²) in [4.78, 5) is 16.7. The van der Waals surface area contributed by atoms with E-state index in [0.717, 1.165) is 45.1 Å². The standard InChI is InChI=1S/C27H19ClF3N5O2S/c1-16-3-2-4-22(28)24(16)34-26(37)35-39-33-14-17-5-11-21-18(13-17)6-12-23-25(21)32-15-36(23)19-7-9-20(10-8-19)38-27(29,30)31/h2-15H,1H3,(H2,34,35,37)/b33-14+. The zero-order valence-electron chi connectivity index (χ0n) is 20.2. The maximum absolute atomic E-state index is 12.4. The third-order valence-electron chi connectivity index (χ3n) is 5.76. The van der Waals surface area contributed by atoms with Gasteiger partial charge in [0.1, 0.15) is 12.1 Å². The van der Waals surface area contributed by atoms with Gasteiger partial charge in [0, 0.05) is 17.3 Å². The highest BCUT2D eigenvalue weighted by molar-refractivity contribution is 7.96. The van der Waals surface area contributed by atoms with Crippen molar-refractivity contribution in [3.8, 4) is 11.4 Å². The molecule has 12 heteroatoms. The summed E-state index contributed by atoms with van der Waals surface area (Å²) in [6, 6.07) is 20.0. The zero-order chi connectivity index (χ0) is 27.6. The number of alkyl halides is 3. The van der Waals surface area contributed by atoms with Gasteiger partial charge in [-0.3, -0.25) is 9.29 Å². The number of nitrogens with zero attached hydrogens (tertiary/aromatic N) is 3. The van der Waals surface area contributed by atoms with Crippen LogP contribution in [-0.4, -0.2) is 28.2 Å². The number of fused-ring (bicyclic) bond motifs is 3. The van der Waals surface area contributed by atoms with Crippen LogP contribution in [0, 0.1) is 6.92 Å². The Labute approximate surface area is 229 Å². The molecule has 0 fully saturated rings. The molecule has 1 aromatic heterocycles. The SMILES string of the molecule is Cc1cccc(Cl)c1NC(=O)NS/N=C/c1ccc2c(ccc3c2ncn3-c2ccc(OC(F)(F)F)cc2)c1. The average Bonchev–Trinajstić information content (AvgIpc) is 3.33. The Bertz CT molecular complexity index is 1680. The third kappa shape index (κ3) is 6.10. The molecule has 39 heavy (non-hydrogen) atoms. The van der Waals surface area contributed by atoms with Gasteiger partial charge < -0.3 is 10.1 Å². The van der Waals surface area contributed by atoms with Gasteiger partial charge in [0.25, 0.3) is 0 Å². The van der Waals surface area contributed by atoms with Gasteiger partial charge in [-0.25, -0.2) is 14.2 Å². The van der Waals surface area contributed by atoms with Crippen LogP contribution >= 0.6 is 23.7 Å². The molecular weight excluding hydrogens is 551 g/mol. The van der Waals surface area contributed by atoms with Crippen LogP contribution in [0.15, 0.2) is 83.5 Å². The Morgan fingerprint density at radius 1 is 1.10 bits per heavy atom. The summed E-state index contributed by atoms with van der Waals surface area (Å²) < 4.78 is 49.9. The van der Waals surface area contributed by atoms with Crippen LogP contribution < -0.4 is 14.8 Å². The van der Waals surface area contributed by atoms with Crippen molar-refractivity contribution < 1.29 is 22.7 Å². The molecular formula is C27H19ClF3N5O2S. The van der Waals surface area contributed by atoms with Crippen molar-refractivity contribution in [1.29, 1.82) is 0 Å². The van der Waals surface area contributed by atoms with Crippen molar-refractivity contribution in [2.75, 3.05) is 5.32 Å². The predicted octanol–water partition coefficient (Wildman–Crippen LogP) is 7.84. The molecule has 7 nitrogen and oxygen atoms in total. The lowest BCUT2D eigenvalue weighted by molar-refractivity contribution is -0.274. The molecule has 2 amide bonds. The normalized spacial score (nSPS) is 11.8. The highest BCUT2D eigenvalue weighted by Crippen LogP contribution is 2.29. The number of para-hydroxylation sites is 1. The van der Waals surface area contributed by atoms with E-state index in [-0.39, 0.29) is 5.75 Å². The van der Waals surface area contributed by atoms with Crippen molar-refractivity contribution in [2.24, 2.45) is 4.40 Å². The van der Waals surface area contributed by atoms with Crippen LogP contribution in [0.25, 0.3) is 27.5 Å². The molecule has 0 atom stereocenters. The molecule has 1 heterocycles. The first-order chi connectivity index (χ1) is 18.7. The molecule has 0 aliphatic heterocycles. The van der Waals surface area contributed by atoms with Gasteiger partial charge in [0.15, 0.2) is 0 Å². The number of carbonyl (C=O) groups is 1. The molecule has 2 N–H and O–H groups in total. The quantitative estimate of drug-likeness (QED) is 0.161. The van der Waals surface area contributed by atoms with E-state index >= 15 is 0 Å². The number of rotatable bonds is 6. The summed E-state index contributed by atoms with van der Waals surface area (Å²) in [7, 11) is 0. The Morgan fingerprint density at radius 2 is 1.90 bits per heavy atom. The number of hydrogen-bond donors (Lipinski definition) is 2. The van der Waals surface area contributed by atoms with Crippen molar-refractivity contribution >= 4 is 63.5 Å². The Balaban J connectivity index is 1.27. The second-order valence-corrected chi connectivity index (χ2v) is 9.39. The monoisotopic (exact) mass is 569 g/mol. The topological polar surface area (TPSA) is 80.5 Å². The van der Waals surface area contributed by atoms with Crippen LogP contribution in [0.1, 0.15) is 11.1 Å². The molecule has 0 bridgehead atoms. The van der Waals surface area contributed by atoms with Gasteiger partial charge in [-0.15, -0.1) is 13.2 Å². The van der Waals surface area contributed by atoms with E-state index in [2.05, 4.69) is 24.2 Å². The summed E-state index contributed by atoms with van der Waals surface area (Å²) in [5.41, 5.74) is 4.39. The molecule has 0 aliphatic rings. The highest BCUT2D eigenvalue weighted by atomic mass is 35.5. The number of hydrogen-bond acceptors (Lipinski definition) is 5. The Hall–Kier alpha value is -4.22. The van der Waals surface area contributed by atoms with Crippen molar-refractivity contribution in [1.82, 2.24) is 14.3 Å². The van der Waals surface area contributed by atoms with E-state index in [1.54, 1.807) is 29.2 Å². The molecule has 0 unspecified atom stereocenters. The third-order valence-corrected chi connectivity index (χ3v) is 6.56. The first-order valence-corrected chi connectivity index (χ1v) is 12.6. The molecule has 5 aromatic rings. The largest absolute Gasteiger partial charge is 0.573 e. The molecule has 198 valence electrons. The first kappa shape index (κ1) is 26.4. The van der Waals surface area contributed by atoms with E-state index in [4.69, 9.17) is 11.6 Å². The molecule has 0 saturated carbocycles. The summed E-state index contributed by atoms with van der Waals surface area (Å²) in [6.07, 6.45) is -1.50. The number of anilines is 1. The number of imidazole rings is 1. The number of carbonyl (C=O) groups excluding carboxylic acids is 1. The lowest BCUT2D eigenvalue weighted by atomic mass is 10.1. The molecule has 5 rings (SSSR count). The van der Waals surface area contributed by atoms with Gasteiger partial charge in [0.2, 0.25) is 0 Å². The summed E-state index contributed by atoms with van der Waals surface area (Å²) >= 11 is 7.01. The van der Waals surface area contributed by atoms with E-state index in [1.165, 1.54) is 24.3 Å². The van der Waals surface area contributed by atoms with E-state index in [1.807, 2.05) is 43.3 Å². The molecule has 0 aliphatic carbocycles. The maximum Gasteiger partial charge on any atom is 0.573 e. The molecule has 0 spiro atoms. The van der Waals surface area contributed by atoms with Crippen molar-refractivity contribution in [2.45, 2.75) is 13.3 Å². The van der Waals surface area contributed by atoms with E-state index in [0.29, 0.717) is 16.4 Å². The number of nitrogens with one attached hydrogen (secondary N) is 2. The lowest BCUT2D eigenvalue weighted by Crippen LogP contribution is -2.22. The number of aryl methyl sites for hydroxylation is 1. The molecule has 0 radical (unpaired) electrons. The van der Waals surface area contributed by atoms with Gasteiger partial charge in [-0.05, 0) is 65.9 Å². The summed E-state index contributed by atoms with van der Waals surface area (Å²) in [6.45, 7) is 1.85. The van der Waals surface area contributed by atoms with Crippen LogP contribution in [0.5, 0.6) is 5.75 Å².